The molecular weight excluding hydrogens is 166 g/mol. The van der Waals surface area contributed by atoms with Gasteiger partial charge in [0.15, 0.2) is 0 Å². The van der Waals surface area contributed by atoms with Crippen LogP contribution in [0.2, 0.25) is 0 Å². The SMILES string of the molecule is O=S1(=O)C=Cc2[nH]ncc2N1. The molecule has 0 radical (unpaired) electrons. The van der Waals surface area contributed by atoms with Crippen LogP contribution in [0.1, 0.15) is 5.69 Å². The lowest BCUT2D eigenvalue weighted by molar-refractivity contribution is 0.609. The number of hydrogen-bond acceptors (Lipinski definition) is 3. The molecule has 2 rings (SSSR count). The third-order valence-corrected chi connectivity index (χ3v) is 2.33. The molecule has 0 amide bonds. The van der Waals surface area contributed by atoms with Crippen molar-refractivity contribution in [1.29, 1.82) is 0 Å². The molecule has 0 aliphatic carbocycles. The Bertz CT molecular complexity index is 403. The largest absolute Gasteiger partial charge is 0.276 e. The van der Waals surface area contributed by atoms with Crippen LogP contribution in [0.4, 0.5) is 5.69 Å². The molecule has 0 bridgehead atoms. The van der Waals surface area contributed by atoms with Crippen molar-refractivity contribution in [2.45, 2.75) is 0 Å². The summed E-state index contributed by atoms with van der Waals surface area (Å²) >= 11 is 0. The van der Waals surface area contributed by atoms with Gasteiger partial charge >= 0.3 is 0 Å². The van der Waals surface area contributed by atoms with Crippen molar-refractivity contribution in [3.63, 3.8) is 0 Å². The van der Waals surface area contributed by atoms with Gasteiger partial charge in [0.2, 0.25) is 0 Å². The molecule has 0 saturated heterocycles. The van der Waals surface area contributed by atoms with Crippen molar-refractivity contribution < 1.29 is 8.42 Å². The molecule has 0 saturated carbocycles. The maximum Gasteiger partial charge on any atom is 0.255 e. The van der Waals surface area contributed by atoms with Crippen molar-refractivity contribution in [2.75, 3.05) is 4.72 Å². The van der Waals surface area contributed by atoms with E-state index in [1.165, 1.54) is 12.3 Å². The number of rotatable bonds is 0. The Morgan fingerprint density at radius 2 is 2.27 bits per heavy atom. The summed E-state index contributed by atoms with van der Waals surface area (Å²) < 4.78 is 24.1. The lowest BCUT2D eigenvalue weighted by Gasteiger charge is -2.06. The molecule has 0 fully saturated rings. The molecule has 2 N–H and O–H groups in total. The fourth-order valence-corrected chi connectivity index (χ4v) is 1.70. The number of anilines is 1. The summed E-state index contributed by atoms with van der Waals surface area (Å²) in [6.45, 7) is 0. The summed E-state index contributed by atoms with van der Waals surface area (Å²) in [5.74, 6) is 0. The van der Waals surface area contributed by atoms with Crippen LogP contribution in [0.25, 0.3) is 6.08 Å². The van der Waals surface area contributed by atoms with Crippen LogP contribution in [0.5, 0.6) is 0 Å². The monoisotopic (exact) mass is 171 g/mol. The number of fused-ring (bicyclic) bond motifs is 1. The lowest BCUT2D eigenvalue weighted by Crippen LogP contribution is -2.11. The second-order valence-electron chi connectivity index (χ2n) is 2.15. The summed E-state index contributed by atoms with van der Waals surface area (Å²) in [5.41, 5.74) is 1.17. The minimum atomic E-state index is -3.26. The molecule has 0 spiro atoms. The fourth-order valence-electron chi connectivity index (χ4n) is 0.849. The topological polar surface area (TPSA) is 74.8 Å². The van der Waals surface area contributed by atoms with Crippen molar-refractivity contribution in [1.82, 2.24) is 10.2 Å². The van der Waals surface area contributed by atoms with E-state index in [2.05, 4.69) is 14.9 Å². The van der Waals surface area contributed by atoms with E-state index in [4.69, 9.17) is 0 Å². The third kappa shape index (κ3) is 1.01. The Balaban J connectivity index is 2.60. The van der Waals surface area contributed by atoms with Gasteiger partial charge in [0.1, 0.15) is 0 Å². The van der Waals surface area contributed by atoms with E-state index in [1.807, 2.05) is 0 Å². The predicted octanol–water partition coefficient (Wildman–Crippen LogP) is 0.136. The Hall–Kier alpha value is -1.30. The molecule has 1 aromatic rings. The number of hydrogen-bond donors (Lipinski definition) is 2. The van der Waals surface area contributed by atoms with Gasteiger partial charge in [-0.25, -0.2) is 8.42 Å². The van der Waals surface area contributed by atoms with Crippen LogP contribution in [-0.4, -0.2) is 18.6 Å². The number of aromatic nitrogens is 2. The van der Waals surface area contributed by atoms with Crippen molar-refractivity contribution in [2.24, 2.45) is 0 Å². The van der Waals surface area contributed by atoms with Gasteiger partial charge in [0, 0.05) is 0 Å². The Morgan fingerprint density at radius 3 is 3.09 bits per heavy atom. The zero-order chi connectivity index (χ0) is 7.90. The summed E-state index contributed by atoms with van der Waals surface area (Å²) in [5, 5.41) is 7.39. The summed E-state index contributed by atoms with van der Waals surface area (Å²) in [7, 11) is -3.26. The maximum atomic E-state index is 10.9. The number of aromatic amines is 1. The molecule has 0 unspecified atom stereocenters. The first kappa shape index (κ1) is 6.41. The lowest BCUT2D eigenvalue weighted by atomic mass is 10.4. The Kier molecular flexibility index (Phi) is 1.08. The quantitative estimate of drug-likeness (QED) is 0.582. The van der Waals surface area contributed by atoms with E-state index in [-0.39, 0.29) is 0 Å². The van der Waals surface area contributed by atoms with E-state index in [1.54, 1.807) is 0 Å². The molecule has 5 nitrogen and oxygen atoms in total. The first-order valence-electron chi connectivity index (χ1n) is 2.92. The number of nitrogens with zero attached hydrogens (tertiary/aromatic N) is 1. The van der Waals surface area contributed by atoms with Gasteiger partial charge in [0.05, 0.1) is 23.0 Å². The molecule has 0 atom stereocenters. The number of sulfonamides is 1. The van der Waals surface area contributed by atoms with Crippen LogP contribution >= 0.6 is 0 Å². The smallest absolute Gasteiger partial charge is 0.255 e. The Morgan fingerprint density at radius 1 is 1.45 bits per heavy atom. The highest BCUT2D eigenvalue weighted by molar-refractivity contribution is 7.95. The fraction of sp³-hybridized carbons (Fsp3) is 0. The van der Waals surface area contributed by atoms with Gasteiger partial charge in [0.25, 0.3) is 10.0 Å². The number of nitrogens with one attached hydrogen (secondary N) is 2. The van der Waals surface area contributed by atoms with E-state index < -0.39 is 10.0 Å². The van der Waals surface area contributed by atoms with E-state index in [0.717, 1.165) is 5.41 Å². The van der Waals surface area contributed by atoms with Gasteiger partial charge in [-0.3, -0.25) is 9.82 Å². The standard InChI is InChI=1S/C5H5N3O2S/c9-11(10)2-1-4-5(8-11)3-6-7-4/h1-3,8H,(H,6,7). The molecule has 1 aliphatic rings. The second kappa shape index (κ2) is 1.85. The Labute approximate surface area is 63.2 Å². The highest BCUT2D eigenvalue weighted by Gasteiger charge is 2.14. The average Bonchev–Trinajstić information content (AvgIpc) is 2.31. The molecule has 58 valence electrons. The normalized spacial score (nSPS) is 18.9. The van der Waals surface area contributed by atoms with Gasteiger partial charge in [-0.05, 0) is 6.08 Å². The van der Waals surface area contributed by atoms with Crippen LogP contribution < -0.4 is 4.72 Å². The van der Waals surface area contributed by atoms with Gasteiger partial charge in [-0.1, -0.05) is 0 Å². The highest BCUT2D eigenvalue weighted by Crippen LogP contribution is 2.20. The molecule has 6 heteroatoms. The first-order chi connectivity index (χ1) is 5.17. The van der Waals surface area contributed by atoms with Gasteiger partial charge < -0.3 is 0 Å². The van der Waals surface area contributed by atoms with Crippen LogP contribution in [0.15, 0.2) is 11.6 Å². The van der Waals surface area contributed by atoms with E-state index in [0.29, 0.717) is 11.4 Å². The molecule has 1 aromatic heterocycles. The van der Waals surface area contributed by atoms with Crippen LogP contribution in [0.3, 0.4) is 0 Å². The third-order valence-electron chi connectivity index (χ3n) is 1.33. The minimum absolute atomic E-state index is 0.493. The van der Waals surface area contributed by atoms with Crippen molar-refractivity contribution >= 4 is 21.8 Å². The minimum Gasteiger partial charge on any atom is -0.276 e. The van der Waals surface area contributed by atoms with Crippen LogP contribution in [0, 0.1) is 0 Å². The molecule has 11 heavy (non-hydrogen) atoms. The molecular formula is C5H5N3O2S. The zero-order valence-electron chi connectivity index (χ0n) is 5.40. The molecule has 0 aromatic carbocycles. The van der Waals surface area contributed by atoms with Crippen LogP contribution in [-0.2, 0) is 10.0 Å². The number of H-pyrrole nitrogens is 1. The summed E-state index contributed by atoms with van der Waals surface area (Å²) in [6.07, 6.45) is 2.89. The summed E-state index contributed by atoms with van der Waals surface area (Å²) in [6, 6.07) is 0. The maximum absolute atomic E-state index is 10.9. The summed E-state index contributed by atoms with van der Waals surface area (Å²) in [4.78, 5) is 0. The second-order valence-corrected chi connectivity index (χ2v) is 3.71. The van der Waals surface area contributed by atoms with Gasteiger partial charge in [-0.15, -0.1) is 0 Å². The van der Waals surface area contributed by atoms with Crippen molar-refractivity contribution in [3.05, 3.63) is 17.3 Å². The van der Waals surface area contributed by atoms with Crippen molar-refractivity contribution in [3.8, 4) is 0 Å². The predicted molar refractivity (Wildman–Crippen MR) is 40.2 cm³/mol. The first-order valence-corrected chi connectivity index (χ1v) is 4.46. The van der Waals surface area contributed by atoms with E-state index in [9.17, 15) is 8.42 Å². The molecule has 2 heterocycles. The van der Waals surface area contributed by atoms with Gasteiger partial charge in [-0.2, -0.15) is 5.10 Å². The highest BCUT2D eigenvalue weighted by atomic mass is 32.2. The molecule has 1 aliphatic heterocycles. The average molecular weight is 171 g/mol. The van der Waals surface area contributed by atoms with E-state index >= 15 is 0 Å². The zero-order valence-corrected chi connectivity index (χ0v) is 6.22.